The Labute approximate surface area is 253 Å². The average Bonchev–Trinajstić information content (AvgIpc) is 2.84. The van der Waals surface area contributed by atoms with E-state index in [0.717, 1.165) is 12.5 Å². The van der Waals surface area contributed by atoms with E-state index >= 15 is 0 Å². The van der Waals surface area contributed by atoms with E-state index in [-0.39, 0.29) is 66.1 Å². The van der Waals surface area contributed by atoms with Crippen LogP contribution in [0.15, 0.2) is 28.7 Å². The zero-order valence-electron chi connectivity index (χ0n) is 26.8. The Kier molecular flexibility index (Phi) is 8.14. The second-order valence-electron chi connectivity index (χ2n) is 14.6. The topological polar surface area (TPSA) is 149 Å². The van der Waals surface area contributed by atoms with Gasteiger partial charge in [0.05, 0.1) is 5.56 Å². The summed E-state index contributed by atoms with van der Waals surface area (Å²) in [6, 6.07) is 1.86. The zero-order valence-corrected chi connectivity index (χ0v) is 26.8. The molecule has 0 aromatic heterocycles. The highest BCUT2D eigenvalue weighted by molar-refractivity contribution is 6.25. The van der Waals surface area contributed by atoms with Gasteiger partial charge in [-0.1, -0.05) is 61.5 Å². The van der Waals surface area contributed by atoms with Gasteiger partial charge >= 0.3 is 0 Å². The summed E-state index contributed by atoms with van der Waals surface area (Å²) in [4.78, 5) is 53.3. The maximum absolute atomic E-state index is 14.4. The number of aromatic hydroxyl groups is 1. The van der Waals surface area contributed by atoms with Crippen molar-refractivity contribution < 1.29 is 39.6 Å². The molecule has 0 fully saturated rings. The Balaban J connectivity index is 1.97. The van der Waals surface area contributed by atoms with Crippen molar-refractivity contribution in [1.82, 2.24) is 0 Å². The van der Waals surface area contributed by atoms with Crippen LogP contribution in [0.25, 0.3) is 0 Å². The first-order valence-corrected chi connectivity index (χ1v) is 15.3. The Morgan fingerprint density at radius 1 is 1.02 bits per heavy atom. The van der Waals surface area contributed by atoms with Crippen LogP contribution in [0.2, 0.25) is 0 Å². The highest BCUT2D eigenvalue weighted by Gasteiger charge is 2.71. The molecule has 4 atom stereocenters. The summed E-state index contributed by atoms with van der Waals surface area (Å²) < 4.78 is 0. The van der Waals surface area contributed by atoms with Crippen LogP contribution >= 0.6 is 0 Å². The Morgan fingerprint density at radius 3 is 2.14 bits per heavy atom. The van der Waals surface area contributed by atoms with Crippen molar-refractivity contribution in [2.24, 2.45) is 28.6 Å². The molecule has 8 nitrogen and oxygen atoms in total. The van der Waals surface area contributed by atoms with Gasteiger partial charge in [-0.05, 0) is 60.6 Å². The van der Waals surface area contributed by atoms with Gasteiger partial charge in [-0.3, -0.25) is 19.2 Å². The minimum absolute atomic E-state index is 0.0117. The number of aliphatic hydroxyl groups excluding tert-OH is 2. The molecule has 1 aromatic carbocycles. The summed E-state index contributed by atoms with van der Waals surface area (Å²) in [5.41, 5.74) is -3.97. The number of ketones is 4. The molecule has 3 aliphatic carbocycles. The molecule has 0 heterocycles. The third-order valence-corrected chi connectivity index (χ3v) is 10.1. The standard InChI is InChI=1S/C35H46O8/c1-16(2)12-21(37)11-10-20-13-22(17(3)4)23-14-33(8)15-34(9)26(18(5)6)29(39)24(19(7)36)31(41)35(34,43)32(42)27(33)30(40)25(23)28(20)38/h13,16-18,26,38-39,42-43H,10-12,14-15H2,1-9H3/t26?,33-,34-,35+/m1/s1. The minimum Gasteiger partial charge on any atom is -0.511 e. The fourth-order valence-electron chi connectivity index (χ4n) is 8.42. The Bertz CT molecular complexity index is 1490. The number of carbonyl (C=O) groups is 4. The summed E-state index contributed by atoms with van der Waals surface area (Å²) in [5, 5.41) is 46.9. The molecular weight excluding hydrogens is 548 g/mol. The lowest BCUT2D eigenvalue weighted by Gasteiger charge is -2.59. The fraction of sp³-hybridized carbons (Fsp3) is 0.600. The lowest BCUT2D eigenvalue weighted by molar-refractivity contribution is -0.171. The van der Waals surface area contributed by atoms with Crippen LogP contribution in [0.5, 0.6) is 5.75 Å². The van der Waals surface area contributed by atoms with E-state index in [4.69, 9.17) is 0 Å². The third-order valence-electron chi connectivity index (χ3n) is 10.1. The van der Waals surface area contributed by atoms with Crippen LogP contribution in [0.1, 0.15) is 115 Å². The maximum atomic E-state index is 14.4. The van der Waals surface area contributed by atoms with Gasteiger partial charge < -0.3 is 20.4 Å². The first kappa shape index (κ1) is 32.6. The molecule has 8 heteroatoms. The number of allylic oxidation sites excluding steroid dienone is 2. The first-order chi connectivity index (χ1) is 19.7. The van der Waals surface area contributed by atoms with E-state index in [1.165, 1.54) is 0 Å². The number of benzene rings is 1. The van der Waals surface area contributed by atoms with Crippen LogP contribution in [-0.4, -0.2) is 49.2 Å². The smallest absolute Gasteiger partial charge is 0.209 e. The maximum Gasteiger partial charge on any atom is 0.209 e. The monoisotopic (exact) mass is 594 g/mol. The molecule has 1 aromatic rings. The Morgan fingerprint density at radius 2 is 1.63 bits per heavy atom. The van der Waals surface area contributed by atoms with Crippen molar-refractivity contribution >= 4 is 23.1 Å². The number of hydrogen-bond acceptors (Lipinski definition) is 8. The highest BCUT2D eigenvalue weighted by Crippen LogP contribution is 2.65. The van der Waals surface area contributed by atoms with Crippen molar-refractivity contribution in [1.29, 1.82) is 0 Å². The normalized spacial score (nSPS) is 28.9. The number of carbonyl (C=O) groups excluding carboxylic acids is 4. The number of phenolic OH excluding ortho intramolecular Hbond substituents is 1. The van der Waals surface area contributed by atoms with E-state index in [9.17, 15) is 39.6 Å². The SMILES string of the molecule is CC(=O)C1=C(O)C(C(C)C)[C@@]2(C)C[C@@]3(C)Cc4c(C(C)C)cc(CCC(=O)CC(C)C)c(O)c4C(=O)C3=C(O)[C@@]2(O)C1=O. The van der Waals surface area contributed by atoms with Crippen molar-refractivity contribution in [2.75, 3.05) is 0 Å². The molecule has 0 amide bonds. The largest absolute Gasteiger partial charge is 0.511 e. The molecule has 0 bridgehead atoms. The zero-order chi connectivity index (χ0) is 32.6. The van der Waals surface area contributed by atoms with E-state index in [2.05, 4.69) is 0 Å². The molecule has 4 rings (SSSR count). The summed E-state index contributed by atoms with van der Waals surface area (Å²) in [7, 11) is 0. The number of fused-ring (bicyclic) bond motifs is 3. The number of rotatable bonds is 8. The summed E-state index contributed by atoms with van der Waals surface area (Å²) >= 11 is 0. The second kappa shape index (κ2) is 10.7. The van der Waals surface area contributed by atoms with E-state index in [0.29, 0.717) is 17.5 Å². The summed E-state index contributed by atoms with van der Waals surface area (Å²) in [6.45, 7) is 16.0. The predicted octanol–water partition coefficient (Wildman–Crippen LogP) is 6.02. The molecule has 234 valence electrons. The highest BCUT2D eigenvalue weighted by atomic mass is 16.3. The van der Waals surface area contributed by atoms with Crippen molar-refractivity contribution in [3.05, 3.63) is 51.0 Å². The number of phenols is 1. The molecule has 4 N–H and O–H groups in total. The van der Waals surface area contributed by atoms with Gasteiger partial charge in [0.1, 0.15) is 28.6 Å². The fourth-order valence-corrected chi connectivity index (χ4v) is 8.42. The Hall–Kier alpha value is -3.26. The average molecular weight is 595 g/mol. The van der Waals surface area contributed by atoms with Crippen molar-refractivity contribution in [2.45, 2.75) is 106 Å². The number of Topliss-reactive ketones (excluding diaryl/α,β-unsaturated/α-hetero) is 4. The van der Waals surface area contributed by atoms with Gasteiger partial charge in [-0.25, -0.2) is 0 Å². The van der Waals surface area contributed by atoms with Crippen LogP contribution in [0.3, 0.4) is 0 Å². The molecule has 3 aliphatic rings. The van der Waals surface area contributed by atoms with Gasteiger partial charge in [0.2, 0.25) is 5.78 Å². The molecule has 0 aliphatic heterocycles. The van der Waals surface area contributed by atoms with E-state index in [1.54, 1.807) is 13.8 Å². The second-order valence-corrected chi connectivity index (χ2v) is 14.6. The quantitative estimate of drug-likeness (QED) is 0.267. The van der Waals surface area contributed by atoms with Gasteiger partial charge in [-0.2, -0.15) is 0 Å². The van der Waals surface area contributed by atoms with Crippen molar-refractivity contribution in [3.8, 4) is 5.75 Å². The molecular formula is C35H46O8. The van der Waals surface area contributed by atoms with Crippen LogP contribution < -0.4 is 0 Å². The summed E-state index contributed by atoms with van der Waals surface area (Å²) in [5.74, 6) is -5.04. The molecule has 0 saturated carbocycles. The summed E-state index contributed by atoms with van der Waals surface area (Å²) in [6.07, 6.45) is 1.14. The minimum atomic E-state index is -2.64. The molecule has 1 unspecified atom stereocenters. The van der Waals surface area contributed by atoms with Crippen LogP contribution in [0, 0.1) is 28.6 Å². The predicted molar refractivity (Wildman–Crippen MR) is 162 cm³/mol. The number of aliphatic hydroxyl groups is 3. The van der Waals surface area contributed by atoms with Gasteiger partial charge in [-0.15, -0.1) is 0 Å². The van der Waals surface area contributed by atoms with Gasteiger partial charge in [0, 0.05) is 35.2 Å². The number of hydrogen-bond donors (Lipinski definition) is 4. The lowest BCUT2D eigenvalue weighted by atomic mass is 9.44. The lowest BCUT2D eigenvalue weighted by Crippen LogP contribution is -2.67. The van der Waals surface area contributed by atoms with Crippen molar-refractivity contribution in [3.63, 3.8) is 0 Å². The van der Waals surface area contributed by atoms with Gasteiger partial charge in [0.25, 0.3) is 0 Å². The van der Waals surface area contributed by atoms with Gasteiger partial charge in [0.15, 0.2) is 17.2 Å². The number of aryl methyl sites for hydroxylation is 1. The van der Waals surface area contributed by atoms with Crippen LogP contribution in [-0.2, 0) is 27.2 Å². The van der Waals surface area contributed by atoms with Crippen LogP contribution in [0.4, 0.5) is 0 Å². The van der Waals surface area contributed by atoms with E-state index in [1.807, 2.05) is 47.6 Å². The molecule has 0 radical (unpaired) electrons. The molecule has 0 spiro atoms. The first-order valence-electron chi connectivity index (χ1n) is 15.3. The van der Waals surface area contributed by atoms with E-state index < -0.39 is 56.8 Å². The molecule has 43 heavy (non-hydrogen) atoms. The molecule has 0 saturated heterocycles. The third kappa shape index (κ3) is 4.68.